The lowest BCUT2D eigenvalue weighted by molar-refractivity contribution is 0.0730. The lowest BCUT2D eigenvalue weighted by Gasteiger charge is -2.26. The first-order valence-corrected chi connectivity index (χ1v) is 11.1. The number of carbonyl (C=O) groups excluding carboxylic acids is 1. The molecule has 30 heavy (non-hydrogen) atoms. The Hall–Kier alpha value is -2.20. The minimum absolute atomic E-state index is 0.0202. The minimum Gasteiger partial charge on any atom is -0.494 e. The first-order chi connectivity index (χ1) is 14.2. The number of nitrogens with one attached hydrogen (secondary N) is 1. The fourth-order valence-electron chi connectivity index (χ4n) is 3.08. The maximum Gasteiger partial charge on any atom is 0.253 e. The maximum absolute atomic E-state index is 14.0. The Bertz CT molecular complexity index is 1040. The summed E-state index contributed by atoms with van der Waals surface area (Å²) in [5, 5.41) is 2.83. The molecule has 0 saturated carbocycles. The summed E-state index contributed by atoms with van der Waals surface area (Å²) in [6, 6.07) is 7.82. The number of methoxy groups -OCH3 is 1. The Balaban J connectivity index is 1.82. The van der Waals surface area contributed by atoms with E-state index in [2.05, 4.69) is 5.32 Å². The van der Waals surface area contributed by atoms with E-state index < -0.39 is 27.8 Å². The van der Waals surface area contributed by atoms with Crippen molar-refractivity contribution in [3.63, 3.8) is 0 Å². The average molecular weight is 457 g/mol. The third-order valence-corrected chi connectivity index (χ3v) is 7.04. The predicted molar refractivity (Wildman–Crippen MR) is 110 cm³/mol. The second kappa shape index (κ2) is 9.30. The molecule has 1 heterocycles. The molecule has 1 aliphatic heterocycles. The molecule has 0 bridgehead atoms. The van der Waals surface area contributed by atoms with E-state index in [0.29, 0.717) is 18.8 Å². The van der Waals surface area contributed by atoms with Crippen molar-refractivity contribution < 1.29 is 27.1 Å². The second-order valence-corrected chi connectivity index (χ2v) is 9.09. The number of benzene rings is 2. The molecule has 1 aliphatic rings. The van der Waals surface area contributed by atoms with Crippen LogP contribution in [-0.2, 0) is 14.8 Å². The van der Waals surface area contributed by atoms with Gasteiger partial charge in [-0.25, -0.2) is 12.8 Å². The van der Waals surface area contributed by atoms with Crippen LogP contribution >= 0.6 is 11.6 Å². The summed E-state index contributed by atoms with van der Waals surface area (Å²) in [5.74, 6) is -1.02. The summed E-state index contributed by atoms with van der Waals surface area (Å²) >= 11 is 6.16. The lowest BCUT2D eigenvalue weighted by atomic mass is 10.1. The second-order valence-electron chi connectivity index (χ2n) is 6.75. The number of amides is 1. The molecule has 2 aromatic carbocycles. The molecule has 1 amide bonds. The van der Waals surface area contributed by atoms with E-state index in [0.717, 1.165) is 0 Å². The van der Waals surface area contributed by atoms with Crippen LogP contribution in [0.3, 0.4) is 0 Å². The number of nitrogens with zero attached hydrogens (tertiary/aromatic N) is 1. The molecule has 0 radical (unpaired) electrons. The van der Waals surface area contributed by atoms with Crippen LogP contribution in [-0.4, -0.2) is 52.0 Å². The SMILES string of the molecule is COc1ccc(C(C)NC(=O)c2cc(S(=O)(=O)N3CCOCC3)ccc2Cl)cc1F. The first kappa shape index (κ1) is 22.5. The van der Waals surface area contributed by atoms with Gasteiger partial charge >= 0.3 is 0 Å². The molecule has 1 unspecified atom stereocenters. The largest absolute Gasteiger partial charge is 0.494 e. The van der Waals surface area contributed by atoms with Crippen molar-refractivity contribution in [1.82, 2.24) is 9.62 Å². The van der Waals surface area contributed by atoms with Crippen LogP contribution in [0.15, 0.2) is 41.3 Å². The number of carbonyl (C=O) groups is 1. The van der Waals surface area contributed by atoms with Gasteiger partial charge in [0.1, 0.15) is 0 Å². The Labute approximate surface area is 179 Å². The van der Waals surface area contributed by atoms with Crippen molar-refractivity contribution in [2.75, 3.05) is 33.4 Å². The van der Waals surface area contributed by atoms with Crippen LogP contribution in [0, 0.1) is 5.82 Å². The van der Waals surface area contributed by atoms with Gasteiger partial charge in [-0.15, -0.1) is 0 Å². The van der Waals surface area contributed by atoms with E-state index in [1.807, 2.05) is 0 Å². The Morgan fingerprint density at radius 1 is 1.23 bits per heavy atom. The van der Waals surface area contributed by atoms with Crippen molar-refractivity contribution in [3.8, 4) is 5.75 Å². The van der Waals surface area contributed by atoms with Crippen LogP contribution in [0.4, 0.5) is 4.39 Å². The number of hydrogen-bond donors (Lipinski definition) is 1. The molecule has 1 fully saturated rings. The number of halogens is 2. The van der Waals surface area contributed by atoms with E-state index in [1.54, 1.807) is 13.0 Å². The van der Waals surface area contributed by atoms with Crippen molar-refractivity contribution in [3.05, 3.63) is 58.4 Å². The highest BCUT2D eigenvalue weighted by atomic mass is 35.5. The summed E-state index contributed by atoms with van der Waals surface area (Å²) in [6.07, 6.45) is 0. The van der Waals surface area contributed by atoms with Crippen LogP contribution in [0.25, 0.3) is 0 Å². The van der Waals surface area contributed by atoms with E-state index in [-0.39, 0.29) is 34.3 Å². The number of ether oxygens (including phenoxy) is 2. The van der Waals surface area contributed by atoms with Gasteiger partial charge in [-0.05, 0) is 42.8 Å². The zero-order valence-corrected chi connectivity index (χ0v) is 18.1. The van der Waals surface area contributed by atoms with Gasteiger partial charge in [0.05, 0.1) is 41.8 Å². The summed E-state index contributed by atoms with van der Waals surface area (Å²) in [5.41, 5.74) is 0.543. The van der Waals surface area contributed by atoms with E-state index in [1.165, 1.54) is 41.7 Å². The Morgan fingerprint density at radius 2 is 1.93 bits per heavy atom. The minimum atomic E-state index is -3.78. The number of hydrogen-bond acceptors (Lipinski definition) is 5. The van der Waals surface area contributed by atoms with E-state index in [9.17, 15) is 17.6 Å². The molecule has 2 aromatic rings. The lowest BCUT2D eigenvalue weighted by Crippen LogP contribution is -2.40. The molecule has 0 aromatic heterocycles. The predicted octanol–water partition coefficient (Wildman–Crippen LogP) is 3.00. The standard InChI is InChI=1S/C20H22ClFN2O5S/c1-13(14-3-6-19(28-2)18(22)11-14)23-20(25)16-12-15(4-5-17(16)21)30(26,27)24-7-9-29-10-8-24/h3-6,11-13H,7-10H2,1-2H3,(H,23,25). The molecule has 0 spiro atoms. The van der Waals surface area contributed by atoms with Gasteiger partial charge in [-0.2, -0.15) is 4.31 Å². The van der Waals surface area contributed by atoms with E-state index in [4.69, 9.17) is 21.1 Å². The first-order valence-electron chi connectivity index (χ1n) is 9.26. The zero-order chi connectivity index (χ0) is 21.9. The molecule has 3 rings (SSSR count). The molecule has 1 saturated heterocycles. The van der Waals surface area contributed by atoms with Gasteiger partial charge in [0, 0.05) is 13.1 Å². The van der Waals surface area contributed by atoms with E-state index >= 15 is 0 Å². The highest BCUT2D eigenvalue weighted by molar-refractivity contribution is 7.89. The molecule has 1 atom stereocenters. The third-order valence-electron chi connectivity index (χ3n) is 4.81. The fourth-order valence-corrected chi connectivity index (χ4v) is 4.72. The van der Waals surface area contributed by atoms with Gasteiger partial charge < -0.3 is 14.8 Å². The van der Waals surface area contributed by atoms with Gasteiger partial charge in [0.15, 0.2) is 11.6 Å². The fraction of sp³-hybridized carbons (Fsp3) is 0.350. The zero-order valence-electron chi connectivity index (χ0n) is 16.5. The van der Waals surface area contributed by atoms with Gasteiger partial charge in [0.25, 0.3) is 5.91 Å². The number of morpholine rings is 1. The molecular weight excluding hydrogens is 435 g/mol. The number of rotatable bonds is 6. The molecule has 10 heteroatoms. The monoisotopic (exact) mass is 456 g/mol. The van der Waals surface area contributed by atoms with Gasteiger partial charge in [-0.3, -0.25) is 4.79 Å². The summed E-state index contributed by atoms with van der Waals surface area (Å²) in [6.45, 7) is 2.80. The van der Waals surface area contributed by atoms with Gasteiger partial charge in [0.2, 0.25) is 10.0 Å². The Kier molecular flexibility index (Phi) is 6.97. The van der Waals surface area contributed by atoms with Crippen molar-refractivity contribution in [2.24, 2.45) is 0 Å². The third kappa shape index (κ3) is 4.75. The highest BCUT2D eigenvalue weighted by Gasteiger charge is 2.28. The molecule has 7 nitrogen and oxygen atoms in total. The molecular formula is C20H22ClFN2O5S. The van der Waals surface area contributed by atoms with Gasteiger partial charge in [-0.1, -0.05) is 17.7 Å². The molecule has 162 valence electrons. The quantitative estimate of drug-likeness (QED) is 0.722. The highest BCUT2D eigenvalue weighted by Crippen LogP contribution is 2.25. The normalized spacial score (nSPS) is 16.1. The molecule has 1 N–H and O–H groups in total. The average Bonchev–Trinajstić information content (AvgIpc) is 2.74. The van der Waals surface area contributed by atoms with Crippen LogP contribution in [0.1, 0.15) is 28.9 Å². The van der Waals surface area contributed by atoms with Crippen molar-refractivity contribution >= 4 is 27.5 Å². The van der Waals surface area contributed by atoms with Crippen LogP contribution in [0.5, 0.6) is 5.75 Å². The van der Waals surface area contributed by atoms with Crippen LogP contribution < -0.4 is 10.1 Å². The summed E-state index contributed by atoms with van der Waals surface area (Å²) in [7, 11) is -2.41. The topological polar surface area (TPSA) is 84.9 Å². The maximum atomic E-state index is 14.0. The van der Waals surface area contributed by atoms with Crippen LogP contribution in [0.2, 0.25) is 5.02 Å². The Morgan fingerprint density at radius 3 is 2.57 bits per heavy atom. The summed E-state index contributed by atoms with van der Waals surface area (Å²) in [4.78, 5) is 12.7. The number of sulfonamides is 1. The summed E-state index contributed by atoms with van der Waals surface area (Å²) < 4.78 is 51.1. The smallest absolute Gasteiger partial charge is 0.253 e. The van der Waals surface area contributed by atoms with Crippen molar-refractivity contribution in [2.45, 2.75) is 17.9 Å². The molecule has 0 aliphatic carbocycles. The van der Waals surface area contributed by atoms with Crippen molar-refractivity contribution in [1.29, 1.82) is 0 Å².